The molecule has 18 heavy (non-hydrogen) atoms. The van der Waals surface area contributed by atoms with Gasteiger partial charge in [0.25, 0.3) is 0 Å². The summed E-state index contributed by atoms with van der Waals surface area (Å²) in [5.41, 5.74) is 7.67. The van der Waals surface area contributed by atoms with E-state index in [1.165, 1.54) is 5.56 Å². The predicted molar refractivity (Wildman–Crippen MR) is 76.6 cm³/mol. The van der Waals surface area contributed by atoms with Crippen molar-refractivity contribution in [1.82, 2.24) is 4.98 Å². The molecular formula is C14H15BrN2O. The van der Waals surface area contributed by atoms with Crippen LogP contribution < -0.4 is 10.5 Å². The highest BCUT2D eigenvalue weighted by atomic mass is 79.9. The summed E-state index contributed by atoms with van der Waals surface area (Å²) in [6, 6.07) is 12.1. The molecule has 4 heteroatoms. The van der Waals surface area contributed by atoms with Crippen LogP contribution in [0.15, 0.2) is 47.1 Å². The van der Waals surface area contributed by atoms with Gasteiger partial charge in [-0.1, -0.05) is 30.3 Å². The molecule has 0 aliphatic rings. The van der Waals surface area contributed by atoms with E-state index in [0.29, 0.717) is 18.2 Å². The van der Waals surface area contributed by atoms with Gasteiger partial charge in [0.1, 0.15) is 0 Å². The number of aromatic nitrogens is 1. The highest BCUT2D eigenvalue weighted by Gasteiger charge is 2.02. The van der Waals surface area contributed by atoms with Crippen molar-refractivity contribution in [2.24, 2.45) is 0 Å². The Hall–Kier alpha value is -1.55. The number of nitrogen functional groups attached to an aromatic ring is 1. The van der Waals surface area contributed by atoms with Gasteiger partial charge in [-0.2, -0.15) is 0 Å². The molecule has 0 radical (unpaired) electrons. The highest BCUT2D eigenvalue weighted by Crippen LogP contribution is 2.21. The lowest BCUT2D eigenvalue weighted by atomic mass is 10.1. The molecule has 0 saturated carbocycles. The number of benzene rings is 1. The van der Waals surface area contributed by atoms with Gasteiger partial charge >= 0.3 is 0 Å². The van der Waals surface area contributed by atoms with E-state index < -0.39 is 0 Å². The molecule has 1 aromatic carbocycles. The number of pyridine rings is 1. The van der Waals surface area contributed by atoms with Crippen LogP contribution in [0.25, 0.3) is 0 Å². The maximum atomic E-state index is 5.80. The van der Waals surface area contributed by atoms with E-state index in [0.717, 1.165) is 17.3 Å². The highest BCUT2D eigenvalue weighted by molar-refractivity contribution is 9.10. The van der Waals surface area contributed by atoms with Gasteiger partial charge in [0, 0.05) is 10.7 Å². The number of halogens is 1. The van der Waals surface area contributed by atoms with Gasteiger partial charge in [-0.15, -0.1) is 0 Å². The Morgan fingerprint density at radius 1 is 1.22 bits per heavy atom. The van der Waals surface area contributed by atoms with Gasteiger partial charge < -0.3 is 10.5 Å². The van der Waals surface area contributed by atoms with Crippen LogP contribution in [-0.4, -0.2) is 11.6 Å². The number of aryl methyl sites for hydroxylation is 1. The van der Waals surface area contributed by atoms with E-state index in [9.17, 15) is 0 Å². The van der Waals surface area contributed by atoms with Crippen molar-refractivity contribution in [2.45, 2.75) is 12.8 Å². The minimum Gasteiger partial charge on any atom is -0.476 e. The molecule has 0 amide bonds. The minimum absolute atomic E-state index is 0.506. The Balaban J connectivity index is 1.79. The largest absolute Gasteiger partial charge is 0.476 e. The first-order chi connectivity index (χ1) is 8.75. The summed E-state index contributed by atoms with van der Waals surface area (Å²) in [5.74, 6) is 0.506. The molecule has 1 heterocycles. The van der Waals surface area contributed by atoms with Crippen LogP contribution in [0, 0.1) is 0 Å². The molecule has 3 nitrogen and oxygen atoms in total. The first-order valence-corrected chi connectivity index (χ1v) is 6.63. The Morgan fingerprint density at radius 3 is 2.72 bits per heavy atom. The van der Waals surface area contributed by atoms with E-state index in [-0.39, 0.29) is 0 Å². The summed E-state index contributed by atoms with van der Waals surface area (Å²) in [7, 11) is 0. The normalized spacial score (nSPS) is 10.3. The standard InChI is InChI=1S/C14H15BrN2O/c15-12-9-13(16)14(17-10-12)18-8-4-7-11-5-2-1-3-6-11/h1-3,5-6,9-10H,4,7-8,16H2. The number of nitrogens with zero attached hydrogens (tertiary/aromatic N) is 1. The second kappa shape index (κ2) is 6.40. The van der Waals surface area contributed by atoms with Crippen LogP contribution in [0.2, 0.25) is 0 Å². The van der Waals surface area contributed by atoms with Crippen molar-refractivity contribution in [3.05, 3.63) is 52.6 Å². The Morgan fingerprint density at radius 2 is 2.00 bits per heavy atom. The second-order valence-electron chi connectivity index (χ2n) is 3.99. The number of hydrogen-bond donors (Lipinski definition) is 1. The average Bonchev–Trinajstić information content (AvgIpc) is 2.38. The van der Waals surface area contributed by atoms with Crippen molar-refractivity contribution in [2.75, 3.05) is 12.3 Å². The van der Waals surface area contributed by atoms with Crippen molar-refractivity contribution >= 4 is 21.6 Å². The third-order valence-corrected chi connectivity index (χ3v) is 2.97. The monoisotopic (exact) mass is 306 g/mol. The van der Waals surface area contributed by atoms with Crippen molar-refractivity contribution < 1.29 is 4.74 Å². The van der Waals surface area contributed by atoms with Crippen LogP contribution in [0.1, 0.15) is 12.0 Å². The summed E-state index contributed by atoms with van der Waals surface area (Å²) >= 11 is 3.31. The molecule has 2 N–H and O–H groups in total. The predicted octanol–water partition coefficient (Wildman–Crippen LogP) is 3.44. The first-order valence-electron chi connectivity index (χ1n) is 5.83. The van der Waals surface area contributed by atoms with E-state index in [4.69, 9.17) is 10.5 Å². The van der Waals surface area contributed by atoms with Crippen LogP contribution in [0.4, 0.5) is 5.69 Å². The average molecular weight is 307 g/mol. The number of anilines is 1. The topological polar surface area (TPSA) is 48.1 Å². The van der Waals surface area contributed by atoms with Crippen LogP contribution in [0.3, 0.4) is 0 Å². The molecule has 0 aliphatic carbocycles. The van der Waals surface area contributed by atoms with Crippen LogP contribution >= 0.6 is 15.9 Å². The molecule has 0 bridgehead atoms. The molecule has 0 unspecified atom stereocenters. The van der Waals surface area contributed by atoms with Crippen LogP contribution in [-0.2, 0) is 6.42 Å². The zero-order valence-corrected chi connectivity index (χ0v) is 11.6. The zero-order valence-electron chi connectivity index (χ0n) is 9.97. The number of nitrogens with two attached hydrogens (primary N) is 1. The fourth-order valence-corrected chi connectivity index (χ4v) is 2.00. The summed E-state index contributed by atoms with van der Waals surface area (Å²) in [5, 5.41) is 0. The molecule has 1 aromatic heterocycles. The maximum absolute atomic E-state index is 5.80. The molecule has 0 spiro atoms. The van der Waals surface area contributed by atoms with Crippen molar-refractivity contribution in [3.8, 4) is 5.88 Å². The molecule has 0 fully saturated rings. The zero-order chi connectivity index (χ0) is 12.8. The van der Waals surface area contributed by atoms with Gasteiger partial charge in [-0.05, 0) is 40.4 Å². The third kappa shape index (κ3) is 3.74. The van der Waals surface area contributed by atoms with Crippen LogP contribution in [0.5, 0.6) is 5.88 Å². The lowest BCUT2D eigenvalue weighted by molar-refractivity contribution is 0.301. The summed E-state index contributed by atoms with van der Waals surface area (Å²) in [4.78, 5) is 4.13. The lowest BCUT2D eigenvalue weighted by Gasteiger charge is -2.07. The summed E-state index contributed by atoms with van der Waals surface area (Å²) < 4.78 is 6.41. The molecular weight excluding hydrogens is 292 g/mol. The van der Waals surface area contributed by atoms with Gasteiger partial charge in [0.2, 0.25) is 5.88 Å². The van der Waals surface area contributed by atoms with E-state index in [2.05, 4.69) is 33.0 Å². The smallest absolute Gasteiger partial charge is 0.237 e. The van der Waals surface area contributed by atoms with Crippen molar-refractivity contribution in [3.63, 3.8) is 0 Å². The molecule has 2 rings (SSSR count). The Bertz CT molecular complexity index is 502. The quantitative estimate of drug-likeness (QED) is 0.861. The van der Waals surface area contributed by atoms with Gasteiger partial charge in [-0.3, -0.25) is 0 Å². The number of rotatable bonds is 5. The van der Waals surface area contributed by atoms with E-state index >= 15 is 0 Å². The van der Waals surface area contributed by atoms with E-state index in [1.54, 1.807) is 12.3 Å². The minimum atomic E-state index is 0.506. The van der Waals surface area contributed by atoms with Gasteiger partial charge in [-0.25, -0.2) is 4.98 Å². The molecule has 94 valence electrons. The third-order valence-electron chi connectivity index (χ3n) is 2.54. The SMILES string of the molecule is Nc1cc(Br)cnc1OCCCc1ccccc1. The second-order valence-corrected chi connectivity index (χ2v) is 4.90. The molecule has 0 atom stereocenters. The van der Waals surface area contributed by atoms with Gasteiger partial charge in [0.05, 0.1) is 12.3 Å². The number of ether oxygens (including phenoxy) is 1. The Kier molecular flexibility index (Phi) is 4.59. The molecule has 0 aliphatic heterocycles. The van der Waals surface area contributed by atoms with Gasteiger partial charge in [0.15, 0.2) is 0 Å². The Labute approximate surface area is 115 Å². The maximum Gasteiger partial charge on any atom is 0.237 e. The lowest BCUT2D eigenvalue weighted by Crippen LogP contribution is -2.03. The van der Waals surface area contributed by atoms with Crippen molar-refractivity contribution in [1.29, 1.82) is 0 Å². The molecule has 2 aromatic rings. The fourth-order valence-electron chi connectivity index (χ4n) is 1.65. The van der Waals surface area contributed by atoms with E-state index in [1.807, 2.05) is 18.2 Å². The number of hydrogen-bond acceptors (Lipinski definition) is 3. The molecule has 0 saturated heterocycles. The first kappa shape index (κ1) is 12.9. The fraction of sp³-hybridized carbons (Fsp3) is 0.214. The summed E-state index contributed by atoms with van der Waals surface area (Å²) in [6.45, 7) is 0.619. The summed E-state index contributed by atoms with van der Waals surface area (Å²) in [6.07, 6.45) is 3.63.